The number of nitrogens with zero attached hydrogens (tertiary/aromatic N) is 1. The Balaban J connectivity index is 2.14. The highest BCUT2D eigenvalue weighted by Crippen LogP contribution is 2.33. The van der Waals surface area contributed by atoms with Crippen molar-refractivity contribution in [3.63, 3.8) is 0 Å². The van der Waals surface area contributed by atoms with E-state index >= 15 is 0 Å². The number of aliphatic carboxylic acids is 1. The lowest BCUT2D eigenvalue weighted by atomic mass is 9.80. The maximum atomic E-state index is 12.4. The monoisotopic (exact) mass is 293 g/mol. The highest BCUT2D eigenvalue weighted by Gasteiger charge is 2.38. The molecule has 1 aromatic rings. The number of rotatable bonds is 3. The quantitative estimate of drug-likeness (QED) is 0.886. The molecule has 0 atom stereocenters. The number of carbonyl (C=O) groups excluding carboxylic acids is 1. The summed E-state index contributed by atoms with van der Waals surface area (Å²) >= 11 is 0. The molecular formula is C15H19NO5. The van der Waals surface area contributed by atoms with Gasteiger partial charge >= 0.3 is 5.97 Å². The normalized spacial score (nSPS) is 17.3. The molecule has 0 bridgehead atoms. The molecule has 2 N–H and O–H groups in total. The number of piperidine rings is 1. The molecule has 1 aromatic carbocycles. The minimum absolute atomic E-state index is 0.104. The van der Waals surface area contributed by atoms with E-state index in [1.807, 2.05) is 0 Å². The fourth-order valence-electron chi connectivity index (χ4n) is 2.40. The molecule has 21 heavy (non-hydrogen) atoms. The lowest BCUT2D eigenvalue weighted by molar-refractivity contribution is -0.150. The van der Waals surface area contributed by atoms with Crippen LogP contribution >= 0.6 is 0 Å². The number of hydrogen-bond donors (Lipinski definition) is 2. The van der Waals surface area contributed by atoms with Crippen molar-refractivity contribution in [1.29, 1.82) is 0 Å². The van der Waals surface area contributed by atoms with Crippen molar-refractivity contribution in [2.75, 3.05) is 20.2 Å². The van der Waals surface area contributed by atoms with E-state index in [9.17, 15) is 19.8 Å². The second kappa shape index (κ2) is 5.63. The van der Waals surface area contributed by atoms with E-state index in [1.165, 1.54) is 19.2 Å². The number of hydrogen-bond acceptors (Lipinski definition) is 4. The molecular weight excluding hydrogens is 274 g/mol. The van der Waals surface area contributed by atoms with Crippen LogP contribution in [0.1, 0.15) is 30.1 Å². The molecule has 0 radical (unpaired) electrons. The first-order chi connectivity index (χ1) is 9.87. The minimum atomic E-state index is -0.834. The van der Waals surface area contributed by atoms with Gasteiger partial charge in [-0.05, 0) is 38.0 Å². The summed E-state index contributed by atoms with van der Waals surface area (Å²) in [7, 11) is 1.49. The molecule has 1 fully saturated rings. The number of carboxylic acid groups (broad SMARTS) is 1. The molecule has 1 aliphatic heterocycles. The molecule has 2 rings (SSSR count). The number of carbonyl (C=O) groups is 2. The molecule has 114 valence electrons. The van der Waals surface area contributed by atoms with E-state index in [1.54, 1.807) is 17.9 Å². The van der Waals surface area contributed by atoms with Gasteiger partial charge in [0.05, 0.1) is 18.1 Å². The third kappa shape index (κ3) is 2.94. The predicted molar refractivity (Wildman–Crippen MR) is 75.5 cm³/mol. The number of benzene rings is 1. The van der Waals surface area contributed by atoms with Gasteiger partial charge in [-0.25, -0.2) is 0 Å². The number of methoxy groups -OCH3 is 1. The summed E-state index contributed by atoms with van der Waals surface area (Å²) < 4.78 is 5.05. The van der Waals surface area contributed by atoms with Crippen LogP contribution in [0.3, 0.4) is 0 Å². The lowest BCUT2D eigenvalue weighted by Crippen LogP contribution is -2.45. The van der Waals surface area contributed by atoms with Gasteiger partial charge in [0.15, 0.2) is 0 Å². The number of phenolic OH excluding ortho intramolecular Hbond substituents is 1. The molecule has 1 saturated heterocycles. The Labute approximate surface area is 122 Å². The van der Waals surface area contributed by atoms with Crippen LogP contribution in [-0.4, -0.2) is 47.2 Å². The van der Waals surface area contributed by atoms with Gasteiger partial charge in [-0.2, -0.15) is 0 Å². The summed E-state index contributed by atoms with van der Waals surface area (Å²) in [5.41, 5.74) is -0.610. The fraction of sp³-hybridized carbons (Fsp3) is 0.467. The van der Waals surface area contributed by atoms with Gasteiger partial charge in [0.2, 0.25) is 0 Å². The van der Waals surface area contributed by atoms with Crippen LogP contribution in [0, 0.1) is 5.41 Å². The fourth-order valence-corrected chi connectivity index (χ4v) is 2.40. The van der Waals surface area contributed by atoms with Gasteiger partial charge < -0.3 is 19.8 Å². The van der Waals surface area contributed by atoms with Crippen molar-refractivity contribution in [2.45, 2.75) is 19.8 Å². The Morgan fingerprint density at radius 3 is 2.43 bits per heavy atom. The van der Waals surface area contributed by atoms with Crippen molar-refractivity contribution in [2.24, 2.45) is 5.41 Å². The summed E-state index contributed by atoms with van der Waals surface area (Å²) in [4.78, 5) is 25.2. The molecule has 0 spiro atoms. The van der Waals surface area contributed by atoms with E-state index in [-0.39, 0.29) is 17.2 Å². The van der Waals surface area contributed by atoms with Gasteiger partial charge in [0.25, 0.3) is 5.91 Å². The van der Waals surface area contributed by atoms with Crippen LogP contribution < -0.4 is 4.74 Å². The Morgan fingerprint density at radius 2 is 1.90 bits per heavy atom. The van der Waals surface area contributed by atoms with Gasteiger partial charge in [0, 0.05) is 13.1 Å². The molecule has 0 aromatic heterocycles. The lowest BCUT2D eigenvalue weighted by Gasteiger charge is -2.36. The number of ether oxygens (including phenoxy) is 1. The van der Waals surface area contributed by atoms with Gasteiger partial charge in [-0.1, -0.05) is 0 Å². The number of phenols is 1. The van der Waals surface area contributed by atoms with E-state index in [0.29, 0.717) is 31.7 Å². The van der Waals surface area contributed by atoms with Crippen LogP contribution in [0.4, 0.5) is 0 Å². The van der Waals surface area contributed by atoms with Gasteiger partial charge in [-0.15, -0.1) is 0 Å². The van der Waals surface area contributed by atoms with Crippen molar-refractivity contribution in [1.82, 2.24) is 4.90 Å². The number of likely N-dealkylation sites (tertiary alicyclic amines) is 1. The molecule has 0 aliphatic carbocycles. The van der Waals surface area contributed by atoms with Crippen molar-refractivity contribution >= 4 is 11.9 Å². The first-order valence-corrected chi connectivity index (χ1v) is 6.77. The van der Waals surface area contributed by atoms with Gasteiger partial charge in [-0.3, -0.25) is 9.59 Å². The highest BCUT2D eigenvalue weighted by molar-refractivity contribution is 5.97. The van der Waals surface area contributed by atoms with Crippen molar-refractivity contribution in [3.05, 3.63) is 23.8 Å². The van der Waals surface area contributed by atoms with Crippen LogP contribution in [0.25, 0.3) is 0 Å². The third-order valence-electron chi connectivity index (χ3n) is 4.10. The largest absolute Gasteiger partial charge is 0.507 e. The van der Waals surface area contributed by atoms with Gasteiger partial charge in [0.1, 0.15) is 11.5 Å². The zero-order chi connectivity index (χ0) is 15.6. The topological polar surface area (TPSA) is 87.1 Å². The minimum Gasteiger partial charge on any atom is -0.507 e. The van der Waals surface area contributed by atoms with Crippen LogP contribution in [0.5, 0.6) is 11.5 Å². The van der Waals surface area contributed by atoms with Crippen molar-refractivity contribution in [3.8, 4) is 11.5 Å². The second-order valence-corrected chi connectivity index (χ2v) is 5.54. The number of amides is 1. The summed E-state index contributed by atoms with van der Waals surface area (Å²) in [5, 5.41) is 19.0. The smallest absolute Gasteiger partial charge is 0.309 e. The van der Waals surface area contributed by atoms with Crippen molar-refractivity contribution < 1.29 is 24.5 Å². The molecule has 6 heteroatoms. The van der Waals surface area contributed by atoms with E-state index in [4.69, 9.17) is 4.74 Å². The first kappa shape index (κ1) is 15.2. The standard InChI is InChI=1S/C15H19NO5/c1-15(14(19)20)5-7-16(8-6-15)13(18)11-9-10(21-2)3-4-12(11)17/h3-4,9,17H,5-8H2,1-2H3,(H,19,20). The zero-order valence-corrected chi connectivity index (χ0v) is 12.1. The Morgan fingerprint density at radius 1 is 1.29 bits per heavy atom. The number of aromatic hydroxyl groups is 1. The molecule has 6 nitrogen and oxygen atoms in total. The van der Waals surface area contributed by atoms with E-state index < -0.39 is 11.4 Å². The second-order valence-electron chi connectivity index (χ2n) is 5.54. The average Bonchev–Trinajstić information content (AvgIpc) is 2.48. The Kier molecular flexibility index (Phi) is 4.06. The van der Waals surface area contributed by atoms with E-state index in [2.05, 4.69) is 0 Å². The summed E-state index contributed by atoms with van der Waals surface area (Å²) in [6.07, 6.45) is 0.803. The average molecular weight is 293 g/mol. The van der Waals surface area contributed by atoms with E-state index in [0.717, 1.165) is 0 Å². The SMILES string of the molecule is COc1ccc(O)c(C(=O)N2CCC(C)(C(=O)O)CC2)c1. The third-order valence-corrected chi connectivity index (χ3v) is 4.10. The first-order valence-electron chi connectivity index (χ1n) is 6.77. The summed E-state index contributed by atoms with van der Waals surface area (Å²) in [6, 6.07) is 4.48. The highest BCUT2D eigenvalue weighted by atomic mass is 16.5. The molecule has 1 amide bonds. The van der Waals surface area contributed by atoms with Crippen LogP contribution in [0.15, 0.2) is 18.2 Å². The zero-order valence-electron chi connectivity index (χ0n) is 12.1. The van der Waals surface area contributed by atoms with Crippen LogP contribution in [0.2, 0.25) is 0 Å². The predicted octanol–water partition coefficient (Wildman–Crippen LogP) is 1.73. The molecule has 1 aliphatic rings. The molecule has 0 saturated carbocycles. The maximum Gasteiger partial charge on any atom is 0.309 e. The Bertz CT molecular complexity index is 561. The maximum absolute atomic E-state index is 12.4. The molecule has 1 heterocycles. The molecule has 0 unspecified atom stereocenters. The van der Waals surface area contributed by atoms with Crippen LogP contribution in [-0.2, 0) is 4.79 Å². The number of carboxylic acids is 1. The summed E-state index contributed by atoms with van der Waals surface area (Å²) in [6.45, 7) is 2.41. The Hall–Kier alpha value is -2.24. The summed E-state index contributed by atoms with van der Waals surface area (Å²) in [5.74, 6) is -0.756.